The molecule has 14 heavy (non-hydrogen) atoms. The SMILES string of the molecule is CC(C)C(O)Cc1cccc(Cl)c1F. The molecule has 0 aliphatic carbocycles. The van der Waals surface area contributed by atoms with Gasteiger partial charge in [-0.25, -0.2) is 4.39 Å². The molecule has 0 saturated heterocycles. The van der Waals surface area contributed by atoms with Crippen molar-refractivity contribution in [3.05, 3.63) is 34.6 Å². The van der Waals surface area contributed by atoms with Crippen LogP contribution < -0.4 is 0 Å². The Labute approximate surface area is 88.5 Å². The van der Waals surface area contributed by atoms with E-state index in [4.69, 9.17) is 11.6 Å². The molecule has 1 atom stereocenters. The van der Waals surface area contributed by atoms with Gasteiger partial charge in [-0.2, -0.15) is 0 Å². The molecule has 1 aromatic rings. The lowest BCUT2D eigenvalue weighted by Gasteiger charge is -2.14. The van der Waals surface area contributed by atoms with Gasteiger partial charge in [0.05, 0.1) is 11.1 Å². The number of aliphatic hydroxyl groups is 1. The topological polar surface area (TPSA) is 20.2 Å². The largest absolute Gasteiger partial charge is 0.393 e. The van der Waals surface area contributed by atoms with E-state index in [1.165, 1.54) is 6.07 Å². The number of benzene rings is 1. The average Bonchev–Trinajstić information content (AvgIpc) is 2.12. The second-order valence-corrected chi connectivity index (χ2v) is 4.14. The van der Waals surface area contributed by atoms with Crippen molar-refractivity contribution in [2.24, 2.45) is 5.92 Å². The highest BCUT2D eigenvalue weighted by Crippen LogP contribution is 2.20. The maximum absolute atomic E-state index is 13.4. The molecule has 0 heterocycles. The van der Waals surface area contributed by atoms with Crippen molar-refractivity contribution in [1.29, 1.82) is 0 Å². The van der Waals surface area contributed by atoms with Crippen molar-refractivity contribution in [2.45, 2.75) is 26.4 Å². The van der Waals surface area contributed by atoms with E-state index in [9.17, 15) is 9.50 Å². The molecule has 0 spiro atoms. The van der Waals surface area contributed by atoms with Crippen molar-refractivity contribution >= 4 is 11.6 Å². The Balaban J connectivity index is 2.82. The lowest BCUT2D eigenvalue weighted by molar-refractivity contribution is 0.124. The molecule has 78 valence electrons. The molecule has 0 saturated carbocycles. The third-order valence-corrected chi connectivity index (χ3v) is 2.52. The van der Waals surface area contributed by atoms with Crippen LogP contribution >= 0.6 is 11.6 Å². The Morgan fingerprint density at radius 3 is 2.64 bits per heavy atom. The normalized spacial score (nSPS) is 13.3. The van der Waals surface area contributed by atoms with E-state index >= 15 is 0 Å². The van der Waals surface area contributed by atoms with Crippen molar-refractivity contribution in [3.8, 4) is 0 Å². The predicted octanol–water partition coefficient (Wildman–Crippen LogP) is 3.04. The van der Waals surface area contributed by atoms with Crippen LogP contribution in [0.3, 0.4) is 0 Å². The first-order chi connectivity index (χ1) is 6.52. The van der Waals surface area contributed by atoms with E-state index in [1.807, 2.05) is 13.8 Å². The minimum Gasteiger partial charge on any atom is -0.393 e. The number of hydrogen-bond acceptors (Lipinski definition) is 1. The third kappa shape index (κ3) is 2.69. The van der Waals surface area contributed by atoms with Crippen LogP contribution in [0.25, 0.3) is 0 Å². The van der Waals surface area contributed by atoms with Crippen LogP contribution in [0.2, 0.25) is 5.02 Å². The second-order valence-electron chi connectivity index (χ2n) is 3.73. The molecule has 1 aromatic carbocycles. The Morgan fingerprint density at radius 1 is 1.43 bits per heavy atom. The highest BCUT2D eigenvalue weighted by atomic mass is 35.5. The van der Waals surface area contributed by atoms with Gasteiger partial charge in [0.2, 0.25) is 0 Å². The van der Waals surface area contributed by atoms with E-state index in [2.05, 4.69) is 0 Å². The molecule has 0 aliphatic rings. The van der Waals surface area contributed by atoms with E-state index in [-0.39, 0.29) is 10.9 Å². The molecule has 1 unspecified atom stereocenters. The van der Waals surface area contributed by atoms with Crippen LogP contribution in [0, 0.1) is 11.7 Å². The summed E-state index contributed by atoms with van der Waals surface area (Å²) in [5, 5.41) is 9.70. The summed E-state index contributed by atoms with van der Waals surface area (Å²) in [5.74, 6) is -0.303. The van der Waals surface area contributed by atoms with Crippen molar-refractivity contribution in [2.75, 3.05) is 0 Å². The summed E-state index contributed by atoms with van der Waals surface area (Å²) >= 11 is 5.62. The van der Waals surface area contributed by atoms with E-state index in [1.54, 1.807) is 12.1 Å². The Bertz CT molecular complexity index is 312. The maximum Gasteiger partial charge on any atom is 0.145 e. The lowest BCUT2D eigenvalue weighted by Crippen LogP contribution is -2.18. The fourth-order valence-electron chi connectivity index (χ4n) is 1.17. The van der Waals surface area contributed by atoms with Crippen LogP contribution in [0.5, 0.6) is 0 Å². The van der Waals surface area contributed by atoms with Gasteiger partial charge >= 0.3 is 0 Å². The molecule has 1 N–H and O–H groups in total. The van der Waals surface area contributed by atoms with E-state index in [0.717, 1.165) is 0 Å². The zero-order chi connectivity index (χ0) is 10.7. The number of aliphatic hydroxyl groups excluding tert-OH is 1. The van der Waals surface area contributed by atoms with E-state index in [0.29, 0.717) is 12.0 Å². The number of hydrogen-bond donors (Lipinski definition) is 1. The summed E-state index contributed by atoms with van der Waals surface area (Å²) in [6.07, 6.45) is -0.215. The minimum atomic E-state index is -0.525. The van der Waals surface area contributed by atoms with Crippen LogP contribution in [0.4, 0.5) is 4.39 Å². The summed E-state index contributed by atoms with van der Waals surface area (Å²) in [5.41, 5.74) is 0.471. The van der Waals surface area contributed by atoms with Gasteiger partial charge in [0.15, 0.2) is 0 Å². The van der Waals surface area contributed by atoms with Gasteiger partial charge in [-0.15, -0.1) is 0 Å². The van der Waals surface area contributed by atoms with Crippen molar-refractivity contribution in [3.63, 3.8) is 0 Å². The number of halogens is 2. The zero-order valence-electron chi connectivity index (χ0n) is 8.30. The van der Waals surface area contributed by atoms with Gasteiger partial charge in [0, 0.05) is 6.42 Å². The summed E-state index contributed by atoms with van der Waals surface area (Å²) < 4.78 is 13.4. The first-order valence-electron chi connectivity index (χ1n) is 4.63. The molecule has 0 aliphatic heterocycles. The van der Waals surface area contributed by atoms with Crippen LogP contribution in [0.15, 0.2) is 18.2 Å². The van der Waals surface area contributed by atoms with Crippen LogP contribution in [0.1, 0.15) is 19.4 Å². The Kier molecular flexibility index (Phi) is 3.90. The summed E-state index contributed by atoms with van der Waals surface area (Å²) in [7, 11) is 0. The summed E-state index contributed by atoms with van der Waals surface area (Å²) in [6.45, 7) is 3.79. The quantitative estimate of drug-likeness (QED) is 0.824. The number of rotatable bonds is 3. The van der Waals surface area contributed by atoms with Gasteiger partial charge in [-0.05, 0) is 17.5 Å². The molecule has 1 nitrogen and oxygen atoms in total. The molecule has 1 rings (SSSR count). The zero-order valence-corrected chi connectivity index (χ0v) is 9.05. The third-order valence-electron chi connectivity index (χ3n) is 2.23. The lowest BCUT2D eigenvalue weighted by atomic mass is 9.99. The average molecular weight is 217 g/mol. The smallest absolute Gasteiger partial charge is 0.145 e. The van der Waals surface area contributed by atoms with Gasteiger partial charge in [0.1, 0.15) is 5.82 Å². The van der Waals surface area contributed by atoms with Crippen molar-refractivity contribution < 1.29 is 9.50 Å². The van der Waals surface area contributed by atoms with Crippen LogP contribution in [-0.2, 0) is 6.42 Å². The fourth-order valence-corrected chi connectivity index (χ4v) is 1.36. The minimum absolute atomic E-state index is 0.110. The summed E-state index contributed by atoms with van der Waals surface area (Å²) in [4.78, 5) is 0. The second kappa shape index (κ2) is 4.76. The van der Waals surface area contributed by atoms with Gasteiger partial charge in [0.25, 0.3) is 0 Å². The highest BCUT2D eigenvalue weighted by molar-refractivity contribution is 6.30. The highest BCUT2D eigenvalue weighted by Gasteiger charge is 2.13. The molecular weight excluding hydrogens is 203 g/mol. The maximum atomic E-state index is 13.4. The van der Waals surface area contributed by atoms with Gasteiger partial charge in [-0.1, -0.05) is 37.6 Å². The molecule has 0 aromatic heterocycles. The standard InChI is InChI=1S/C11H14ClFO/c1-7(2)10(14)6-8-4-3-5-9(12)11(8)13/h3-5,7,10,14H,6H2,1-2H3. The van der Waals surface area contributed by atoms with Crippen LogP contribution in [-0.4, -0.2) is 11.2 Å². The van der Waals surface area contributed by atoms with Gasteiger partial charge in [-0.3, -0.25) is 0 Å². The molecule has 0 bridgehead atoms. The molecular formula is C11H14ClFO. The molecule has 0 amide bonds. The van der Waals surface area contributed by atoms with Gasteiger partial charge < -0.3 is 5.11 Å². The van der Waals surface area contributed by atoms with E-state index < -0.39 is 11.9 Å². The molecule has 3 heteroatoms. The predicted molar refractivity (Wildman–Crippen MR) is 56.0 cm³/mol. The summed E-state index contributed by atoms with van der Waals surface area (Å²) in [6, 6.07) is 4.84. The Morgan fingerprint density at radius 2 is 2.07 bits per heavy atom. The molecule has 0 fully saturated rings. The first kappa shape index (κ1) is 11.5. The first-order valence-corrected chi connectivity index (χ1v) is 5.01. The van der Waals surface area contributed by atoms with Crippen molar-refractivity contribution in [1.82, 2.24) is 0 Å². The fraction of sp³-hybridized carbons (Fsp3) is 0.455. The molecule has 0 radical (unpaired) electrons. The monoisotopic (exact) mass is 216 g/mol. The Hall–Kier alpha value is -0.600.